The Bertz CT molecular complexity index is 444. The van der Waals surface area contributed by atoms with Crippen molar-refractivity contribution in [2.75, 3.05) is 0 Å². The maximum absolute atomic E-state index is 11.2. The van der Waals surface area contributed by atoms with Crippen LogP contribution in [0.15, 0.2) is 32.4 Å². The number of aromatic amines is 1. The Hall–Kier alpha value is -1.10. The Morgan fingerprint density at radius 3 is 2.85 bits per heavy atom. The summed E-state index contributed by atoms with van der Waals surface area (Å²) in [6, 6.07) is 0. The summed E-state index contributed by atoms with van der Waals surface area (Å²) in [5, 5.41) is 0. The SMILES string of the molecule is C=C(C)Cn1cc(Br)c(=O)[nH]c1=O. The standard InChI is InChI=1S/C8H9BrN2O2/c1-5(2)3-11-4-6(9)7(12)10-8(11)13/h4H,1,3H2,2H3,(H,10,12,13). The molecule has 0 aliphatic rings. The van der Waals surface area contributed by atoms with E-state index in [0.29, 0.717) is 11.0 Å². The van der Waals surface area contributed by atoms with Crippen molar-refractivity contribution in [3.05, 3.63) is 43.7 Å². The molecule has 1 aromatic heterocycles. The van der Waals surface area contributed by atoms with Crippen LogP contribution in [0.2, 0.25) is 0 Å². The lowest BCUT2D eigenvalue weighted by atomic mass is 10.3. The van der Waals surface area contributed by atoms with Crippen LogP contribution >= 0.6 is 15.9 Å². The number of H-pyrrole nitrogens is 1. The molecule has 0 bridgehead atoms. The lowest BCUT2D eigenvalue weighted by molar-refractivity contribution is 0.707. The van der Waals surface area contributed by atoms with Crippen LogP contribution in [0.3, 0.4) is 0 Å². The summed E-state index contributed by atoms with van der Waals surface area (Å²) in [4.78, 5) is 24.3. The van der Waals surface area contributed by atoms with Gasteiger partial charge in [-0.2, -0.15) is 0 Å². The fourth-order valence-electron chi connectivity index (χ4n) is 0.891. The van der Waals surface area contributed by atoms with Crippen LogP contribution in [0.5, 0.6) is 0 Å². The predicted octanol–water partition coefficient (Wildman–Crippen LogP) is 0.875. The molecule has 0 spiro atoms. The molecule has 0 radical (unpaired) electrons. The minimum atomic E-state index is -0.420. The lowest BCUT2D eigenvalue weighted by Crippen LogP contribution is -2.29. The van der Waals surface area contributed by atoms with E-state index in [9.17, 15) is 9.59 Å². The molecule has 70 valence electrons. The molecule has 1 rings (SSSR count). The van der Waals surface area contributed by atoms with E-state index in [1.165, 1.54) is 10.8 Å². The minimum absolute atomic E-state index is 0.341. The molecule has 4 nitrogen and oxygen atoms in total. The Labute approximate surface area is 83.0 Å². The third-order valence-corrected chi connectivity index (χ3v) is 1.97. The number of allylic oxidation sites excluding steroid dienone is 1. The van der Waals surface area contributed by atoms with Gasteiger partial charge in [0.15, 0.2) is 0 Å². The second-order valence-electron chi connectivity index (χ2n) is 2.82. The zero-order valence-electron chi connectivity index (χ0n) is 7.13. The number of hydrogen-bond acceptors (Lipinski definition) is 2. The molecule has 0 saturated carbocycles. The highest BCUT2D eigenvalue weighted by molar-refractivity contribution is 9.10. The summed E-state index contributed by atoms with van der Waals surface area (Å²) in [5.74, 6) is 0. The summed E-state index contributed by atoms with van der Waals surface area (Å²) in [5.41, 5.74) is 0.0141. The summed E-state index contributed by atoms with van der Waals surface area (Å²) < 4.78 is 1.72. The van der Waals surface area contributed by atoms with Gasteiger partial charge in [-0.1, -0.05) is 12.2 Å². The highest BCUT2D eigenvalue weighted by atomic mass is 79.9. The summed E-state index contributed by atoms with van der Waals surface area (Å²) in [6.07, 6.45) is 1.45. The number of halogens is 1. The Morgan fingerprint density at radius 2 is 2.31 bits per heavy atom. The molecule has 0 aromatic carbocycles. The van der Waals surface area contributed by atoms with Crippen LogP contribution in [0.4, 0.5) is 0 Å². The Balaban J connectivity index is 3.24. The molecule has 0 aliphatic heterocycles. The van der Waals surface area contributed by atoms with Crippen molar-refractivity contribution in [2.45, 2.75) is 13.5 Å². The van der Waals surface area contributed by atoms with Crippen LogP contribution in [-0.2, 0) is 6.54 Å². The fourth-order valence-corrected chi connectivity index (χ4v) is 1.24. The van der Waals surface area contributed by atoms with Crippen molar-refractivity contribution in [1.82, 2.24) is 9.55 Å². The van der Waals surface area contributed by atoms with Crippen molar-refractivity contribution in [2.24, 2.45) is 0 Å². The van der Waals surface area contributed by atoms with Crippen molar-refractivity contribution in [3.8, 4) is 0 Å². The zero-order chi connectivity index (χ0) is 10.0. The first-order chi connectivity index (χ1) is 6.00. The lowest BCUT2D eigenvalue weighted by Gasteiger charge is -2.03. The van der Waals surface area contributed by atoms with Crippen molar-refractivity contribution in [1.29, 1.82) is 0 Å². The highest BCUT2D eigenvalue weighted by Gasteiger charge is 2.00. The fraction of sp³-hybridized carbons (Fsp3) is 0.250. The number of nitrogens with zero attached hydrogens (tertiary/aromatic N) is 1. The maximum atomic E-state index is 11.2. The smallest absolute Gasteiger partial charge is 0.295 e. The van der Waals surface area contributed by atoms with Crippen LogP contribution < -0.4 is 11.2 Å². The van der Waals surface area contributed by atoms with Gasteiger partial charge in [-0.15, -0.1) is 0 Å². The van der Waals surface area contributed by atoms with E-state index < -0.39 is 11.2 Å². The molecule has 1 N–H and O–H groups in total. The third-order valence-electron chi connectivity index (χ3n) is 1.41. The summed E-state index contributed by atoms with van der Waals surface area (Å²) in [7, 11) is 0. The second kappa shape index (κ2) is 3.74. The van der Waals surface area contributed by atoms with E-state index in [2.05, 4.69) is 27.5 Å². The number of hydrogen-bond donors (Lipinski definition) is 1. The molecule has 0 saturated heterocycles. The molecule has 1 aromatic rings. The van der Waals surface area contributed by atoms with E-state index in [0.717, 1.165) is 5.57 Å². The number of nitrogens with one attached hydrogen (secondary N) is 1. The van der Waals surface area contributed by atoms with Gasteiger partial charge >= 0.3 is 5.69 Å². The molecule has 0 aliphatic carbocycles. The molecule has 5 heteroatoms. The van der Waals surface area contributed by atoms with Gasteiger partial charge in [0.2, 0.25) is 0 Å². The predicted molar refractivity (Wildman–Crippen MR) is 53.8 cm³/mol. The van der Waals surface area contributed by atoms with Crippen molar-refractivity contribution >= 4 is 15.9 Å². The quantitative estimate of drug-likeness (QED) is 0.786. The molecule has 1 heterocycles. The Kier molecular flexibility index (Phi) is 2.87. The van der Waals surface area contributed by atoms with E-state index in [-0.39, 0.29) is 0 Å². The average molecular weight is 245 g/mol. The maximum Gasteiger partial charge on any atom is 0.328 e. The first-order valence-electron chi connectivity index (χ1n) is 3.64. The van der Waals surface area contributed by atoms with Gasteiger partial charge in [0.05, 0.1) is 4.47 Å². The van der Waals surface area contributed by atoms with Gasteiger partial charge in [0.25, 0.3) is 5.56 Å². The summed E-state index contributed by atoms with van der Waals surface area (Å²) >= 11 is 3.04. The molecular weight excluding hydrogens is 236 g/mol. The van der Waals surface area contributed by atoms with Crippen LogP contribution in [0.1, 0.15) is 6.92 Å². The van der Waals surface area contributed by atoms with Gasteiger partial charge in [-0.3, -0.25) is 14.3 Å². The molecule has 0 unspecified atom stereocenters. The molecule has 0 amide bonds. The van der Waals surface area contributed by atoms with E-state index in [4.69, 9.17) is 0 Å². The number of rotatable bonds is 2. The van der Waals surface area contributed by atoms with Gasteiger partial charge in [0, 0.05) is 12.7 Å². The largest absolute Gasteiger partial charge is 0.328 e. The van der Waals surface area contributed by atoms with Crippen LogP contribution in [0, 0.1) is 0 Å². The molecular formula is C8H9BrN2O2. The van der Waals surface area contributed by atoms with Gasteiger partial charge < -0.3 is 0 Å². The molecule has 0 atom stereocenters. The topological polar surface area (TPSA) is 54.9 Å². The average Bonchev–Trinajstić information content (AvgIpc) is 1.99. The van der Waals surface area contributed by atoms with E-state index in [1.807, 2.05) is 6.92 Å². The van der Waals surface area contributed by atoms with Gasteiger partial charge in [0.1, 0.15) is 0 Å². The summed E-state index contributed by atoms with van der Waals surface area (Å²) in [6.45, 7) is 5.90. The van der Waals surface area contributed by atoms with Crippen LogP contribution in [0.25, 0.3) is 0 Å². The highest BCUT2D eigenvalue weighted by Crippen LogP contribution is 1.99. The normalized spacial score (nSPS) is 10.0. The first kappa shape index (κ1) is 9.98. The third kappa shape index (κ3) is 2.42. The van der Waals surface area contributed by atoms with Crippen molar-refractivity contribution in [3.63, 3.8) is 0 Å². The van der Waals surface area contributed by atoms with Gasteiger partial charge in [-0.25, -0.2) is 4.79 Å². The monoisotopic (exact) mass is 244 g/mol. The van der Waals surface area contributed by atoms with E-state index >= 15 is 0 Å². The van der Waals surface area contributed by atoms with E-state index in [1.54, 1.807) is 0 Å². The van der Waals surface area contributed by atoms with Crippen LogP contribution in [-0.4, -0.2) is 9.55 Å². The Morgan fingerprint density at radius 1 is 1.69 bits per heavy atom. The molecule has 13 heavy (non-hydrogen) atoms. The zero-order valence-corrected chi connectivity index (χ0v) is 8.72. The second-order valence-corrected chi connectivity index (χ2v) is 3.68. The van der Waals surface area contributed by atoms with Crippen molar-refractivity contribution < 1.29 is 0 Å². The molecule has 0 fully saturated rings. The minimum Gasteiger partial charge on any atom is -0.295 e. The van der Waals surface area contributed by atoms with Gasteiger partial charge in [-0.05, 0) is 22.9 Å². The first-order valence-corrected chi connectivity index (χ1v) is 4.43. The number of aromatic nitrogens is 2.